The van der Waals surface area contributed by atoms with Crippen LogP contribution in [-0.4, -0.2) is 35.0 Å². The van der Waals surface area contributed by atoms with E-state index in [1.54, 1.807) is 7.11 Å². The van der Waals surface area contributed by atoms with Gasteiger partial charge in [0.1, 0.15) is 5.75 Å². The summed E-state index contributed by atoms with van der Waals surface area (Å²) in [6, 6.07) is 8.14. The lowest BCUT2D eigenvalue weighted by atomic mass is 10.1. The molecule has 2 saturated carbocycles. The van der Waals surface area contributed by atoms with Gasteiger partial charge in [0.25, 0.3) is 5.22 Å². The van der Waals surface area contributed by atoms with Crippen molar-refractivity contribution in [3.05, 3.63) is 35.7 Å². The second kappa shape index (κ2) is 7.70. The van der Waals surface area contributed by atoms with Crippen LogP contribution in [0.15, 0.2) is 33.9 Å². The number of thioether (sulfide) groups is 1. The maximum Gasteiger partial charge on any atom is 0.277 e. The van der Waals surface area contributed by atoms with Crippen LogP contribution < -0.4 is 10.1 Å². The van der Waals surface area contributed by atoms with Gasteiger partial charge in [0.2, 0.25) is 11.8 Å². The first-order valence-corrected chi connectivity index (χ1v) is 10.1. The average molecular weight is 373 g/mol. The van der Waals surface area contributed by atoms with Crippen molar-refractivity contribution in [1.29, 1.82) is 0 Å². The zero-order valence-corrected chi connectivity index (χ0v) is 15.6. The Morgan fingerprint density at radius 1 is 1.23 bits per heavy atom. The Labute approximate surface area is 157 Å². The third-order valence-corrected chi connectivity index (χ3v) is 5.70. The van der Waals surface area contributed by atoms with Gasteiger partial charge < -0.3 is 14.5 Å². The van der Waals surface area contributed by atoms with Gasteiger partial charge in [-0.2, -0.15) is 0 Å². The second-order valence-corrected chi connectivity index (χ2v) is 7.97. The molecule has 1 aromatic heterocycles. The van der Waals surface area contributed by atoms with Crippen molar-refractivity contribution >= 4 is 17.7 Å². The fraction of sp³-hybridized carbons (Fsp3) is 0.526. The zero-order valence-electron chi connectivity index (χ0n) is 14.8. The molecule has 138 valence electrons. The largest absolute Gasteiger partial charge is 0.497 e. The molecule has 2 aliphatic carbocycles. The van der Waals surface area contributed by atoms with Crippen molar-refractivity contribution < 1.29 is 13.9 Å². The summed E-state index contributed by atoms with van der Waals surface area (Å²) in [5.74, 6) is 3.16. The molecule has 0 spiro atoms. The molecule has 6 nitrogen and oxygen atoms in total. The molecule has 0 radical (unpaired) electrons. The SMILES string of the molecule is COc1ccc(Cc2nnc(SCC(=O)NC(C3CC3)C3CC3)o2)cc1. The van der Waals surface area contributed by atoms with Crippen molar-refractivity contribution in [1.82, 2.24) is 15.5 Å². The van der Waals surface area contributed by atoms with E-state index in [2.05, 4.69) is 15.5 Å². The standard InChI is InChI=1S/C19H23N3O3S/c1-24-15-8-2-12(3-9-15)10-17-21-22-19(25-17)26-11-16(23)20-18(13-4-5-13)14-6-7-14/h2-3,8-9,13-14,18H,4-7,10-11H2,1H3,(H,20,23). The van der Waals surface area contributed by atoms with E-state index in [1.807, 2.05) is 24.3 Å². The van der Waals surface area contributed by atoms with Gasteiger partial charge in [0.15, 0.2) is 0 Å². The summed E-state index contributed by atoms with van der Waals surface area (Å²) >= 11 is 1.30. The van der Waals surface area contributed by atoms with Gasteiger partial charge in [-0.25, -0.2) is 0 Å². The predicted molar refractivity (Wildman–Crippen MR) is 98.2 cm³/mol. The van der Waals surface area contributed by atoms with Crippen LogP contribution in [0.2, 0.25) is 0 Å². The van der Waals surface area contributed by atoms with Crippen LogP contribution in [0.25, 0.3) is 0 Å². The maximum atomic E-state index is 12.2. The lowest BCUT2D eigenvalue weighted by molar-refractivity contribution is -0.119. The monoisotopic (exact) mass is 373 g/mol. The number of nitrogens with zero attached hydrogens (tertiary/aromatic N) is 2. The Morgan fingerprint density at radius 3 is 2.54 bits per heavy atom. The average Bonchev–Trinajstić information content (AvgIpc) is 3.58. The summed E-state index contributed by atoms with van der Waals surface area (Å²) in [6.07, 6.45) is 5.59. The number of aromatic nitrogens is 2. The number of ether oxygens (including phenoxy) is 1. The molecular weight excluding hydrogens is 350 g/mol. The van der Waals surface area contributed by atoms with Gasteiger partial charge in [0, 0.05) is 6.04 Å². The summed E-state index contributed by atoms with van der Waals surface area (Å²) in [5.41, 5.74) is 1.07. The van der Waals surface area contributed by atoms with Crippen LogP contribution in [0.1, 0.15) is 37.1 Å². The first-order valence-electron chi connectivity index (χ1n) is 9.09. The lowest BCUT2D eigenvalue weighted by Crippen LogP contribution is -2.39. The van der Waals surface area contributed by atoms with E-state index < -0.39 is 0 Å². The predicted octanol–water partition coefficient (Wildman–Crippen LogP) is 3.07. The fourth-order valence-electron chi connectivity index (χ4n) is 3.17. The minimum Gasteiger partial charge on any atom is -0.497 e. The first-order chi connectivity index (χ1) is 12.7. The van der Waals surface area contributed by atoms with Gasteiger partial charge >= 0.3 is 0 Å². The Balaban J connectivity index is 1.25. The van der Waals surface area contributed by atoms with Gasteiger partial charge in [-0.15, -0.1) is 10.2 Å². The molecule has 7 heteroatoms. The molecule has 0 saturated heterocycles. The molecule has 2 fully saturated rings. The number of nitrogens with one attached hydrogen (secondary N) is 1. The summed E-state index contributed by atoms with van der Waals surface area (Å²) < 4.78 is 10.8. The molecule has 0 aliphatic heterocycles. The minimum atomic E-state index is 0.0636. The summed E-state index contributed by atoms with van der Waals surface area (Å²) in [4.78, 5) is 12.2. The van der Waals surface area contributed by atoms with Crippen LogP contribution in [0.3, 0.4) is 0 Å². The molecule has 4 rings (SSSR count). The Bertz CT molecular complexity index is 742. The Kier molecular flexibility index (Phi) is 5.15. The molecule has 1 aromatic carbocycles. The van der Waals surface area contributed by atoms with E-state index in [-0.39, 0.29) is 5.91 Å². The lowest BCUT2D eigenvalue weighted by Gasteiger charge is -2.17. The van der Waals surface area contributed by atoms with Crippen molar-refractivity contribution in [2.45, 2.75) is 43.4 Å². The number of methoxy groups -OCH3 is 1. The molecule has 26 heavy (non-hydrogen) atoms. The van der Waals surface area contributed by atoms with Crippen LogP contribution in [0.4, 0.5) is 0 Å². The topological polar surface area (TPSA) is 77.2 Å². The number of carbonyl (C=O) groups excluding carboxylic acids is 1. The summed E-state index contributed by atoms with van der Waals surface area (Å²) in [7, 11) is 1.64. The normalized spacial score (nSPS) is 16.7. The van der Waals surface area contributed by atoms with Crippen LogP contribution in [0.5, 0.6) is 5.75 Å². The molecule has 1 amide bonds. The van der Waals surface area contributed by atoms with E-state index in [9.17, 15) is 4.79 Å². The molecule has 2 aliphatic rings. The van der Waals surface area contributed by atoms with Crippen molar-refractivity contribution in [3.63, 3.8) is 0 Å². The maximum absolute atomic E-state index is 12.2. The summed E-state index contributed by atoms with van der Waals surface area (Å²) in [6.45, 7) is 0. The van der Waals surface area contributed by atoms with Crippen molar-refractivity contribution in [2.24, 2.45) is 11.8 Å². The number of benzene rings is 1. The third-order valence-electron chi connectivity index (χ3n) is 4.88. The van der Waals surface area contributed by atoms with Crippen LogP contribution in [-0.2, 0) is 11.2 Å². The minimum absolute atomic E-state index is 0.0636. The van der Waals surface area contributed by atoms with E-state index >= 15 is 0 Å². The van der Waals surface area contributed by atoms with Crippen LogP contribution in [0, 0.1) is 11.8 Å². The van der Waals surface area contributed by atoms with Crippen LogP contribution >= 0.6 is 11.8 Å². The van der Waals surface area contributed by atoms with Gasteiger partial charge in [-0.1, -0.05) is 23.9 Å². The molecule has 0 atom stereocenters. The summed E-state index contributed by atoms with van der Waals surface area (Å²) in [5, 5.41) is 11.8. The first kappa shape index (κ1) is 17.4. The number of hydrogen-bond donors (Lipinski definition) is 1. The van der Waals surface area contributed by atoms with Crippen molar-refractivity contribution in [3.8, 4) is 5.75 Å². The second-order valence-electron chi connectivity index (χ2n) is 7.04. The molecule has 1 heterocycles. The zero-order chi connectivity index (χ0) is 17.9. The van der Waals surface area contributed by atoms with E-state index in [1.165, 1.54) is 37.4 Å². The Hall–Kier alpha value is -2.02. The molecular formula is C19H23N3O3S. The molecule has 0 bridgehead atoms. The molecule has 1 N–H and O–H groups in total. The highest BCUT2D eigenvalue weighted by molar-refractivity contribution is 7.99. The van der Waals surface area contributed by atoms with E-state index in [0.29, 0.717) is 41.2 Å². The number of rotatable bonds is 9. The molecule has 0 unspecified atom stereocenters. The number of amides is 1. The highest BCUT2D eigenvalue weighted by atomic mass is 32.2. The smallest absolute Gasteiger partial charge is 0.277 e. The molecule has 2 aromatic rings. The highest BCUT2D eigenvalue weighted by Crippen LogP contribution is 2.44. The van der Waals surface area contributed by atoms with Gasteiger partial charge in [0.05, 0.1) is 19.3 Å². The van der Waals surface area contributed by atoms with Gasteiger partial charge in [-0.05, 0) is 55.2 Å². The quantitative estimate of drug-likeness (QED) is 0.681. The third kappa shape index (κ3) is 4.58. The number of hydrogen-bond acceptors (Lipinski definition) is 6. The number of carbonyl (C=O) groups is 1. The highest BCUT2D eigenvalue weighted by Gasteiger charge is 2.42. The van der Waals surface area contributed by atoms with Crippen molar-refractivity contribution in [2.75, 3.05) is 12.9 Å². The van der Waals surface area contributed by atoms with E-state index in [0.717, 1.165) is 11.3 Å². The van der Waals surface area contributed by atoms with E-state index in [4.69, 9.17) is 9.15 Å². The fourth-order valence-corrected chi connectivity index (χ4v) is 3.76. The van der Waals surface area contributed by atoms with Gasteiger partial charge in [-0.3, -0.25) is 4.79 Å². The Morgan fingerprint density at radius 2 is 1.92 bits per heavy atom.